The first-order valence-corrected chi connectivity index (χ1v) is 6.79. The molecule has 1 aromatic carbocycles. The Morgan fingerprint density at radius 1 is 1.26 bits per heavy atom. The van der Waals surface area contributed by atoms with E-state index in [0.29, 0.717) is 10.8 Å². The van der Waals surface area contributed by atoms with Gasteiger partial charge in [0.2, 0.25) is 0 Å². The van der Waals surface area contributed by atoms with Crippen molar-refractivity contribution in [3.8, 4) is 17.1 Å². The molecule has 0 aliphatic carbocycles. The van der Waals surface area contributed by atoms with E-state index in [-0.39, 0.29) is 6.10 Å². The maximum absolute atomic E-state index is 6.08. The molecule has 1 aromatic heterocycles. The van der Waals surface area contributed by atoms with Crippen LogP contribution in [0.4, 0.5) is 0 Å². The van der Waals surface area contributed by atoms with Gasteiger partial charge in [-0.25, -0.2) is 0 Å². The van der Waals surface area contributed by atoms with Crippen LogP contribution in [-0.4, -0.2) is 24.4 Å². The molecule has 1 saturated heterocycles. The Balaban J connectivity index is 1.87. The van der Waals surface area contributed by atoms with E-state index in [9.17, 15) is 0 Å². The van der Waals surface area contributed by atoms with Gasteiger partial charge in [0.15, 0.2) is 5.76 Å². The average molecular weight is 279 g/mol. The first-order valence-electron chi connectivity index (χ1n) is 6.41. The van der Waals surface area contributed by atoms with Gasteiger partial charge in [-0.05, 0) is 44.1 Å². The quantitative estimate of drug-likeness (QED) is 0.937. The molecule has 1 N–H and O–H groups in total. The average Bonchev–Trinajstić information content (AvgIpc) is 2.96. The standard InChI is InChI=1S/C14H15ClN2O2/c15-10-1-2-13(18-11-3-6-16-7-4-11)12(9-10)14-5-8-17-19-14/h1-2,5,8-9,11,16H,3-4,6-7H2. The number of nitrogens with zero attached hydrogens (tertiary/aromatic N) is 1. The SMILES string of the molecule is Clc1ccc(OC2CCNCC2)c(-c2ccno2)c1. The fourth-order valence-electron chi connectivity index (χ4n) is 2.25. The van der Waals surface area contributed by atoms with Crippen LogP contribution >= 0.6 is 11.6 Å². The van der Waals surface area contributed by atoms with Gasteiger partial charge < -0.3 is 14.6 Å². The summed E-state index contributed by atoms with van der Waals surface area (Å²) in [6.45, 7) is 1.99. The second-order valence-electron chi connectivity index (χ2n) is 4.58. The Labute approximate surface area is 116 Å². The fourth-order valence-corrected chi connectivity index (χ4v) is 2.42. The van der Waals surface area contributed by atoms with Crippen LogP contribution in [0.2, 0.25) is 5.02 Å². The summed E-state index contributed by atoms with van der Waals surface area (Å²) in [5.41, 5.74) is 0.850. The van der Waals surface area contributed by atoms with Crippen LogP contribution in [-0.2, 0) is 0 Å². The summed E-state index contributed by atoms with van der Waals surface area (Å²) in [5, 5.41) is 7.71. The molecule has 2 heterocycles. The summed E-state index contributed by atoms with van der Waals surface area (Å²) in [5.74, 6) is 1.47. The van der Waals surface area contributed by atoms with Crippen LogP contribution in [0.5, 0.6) is 5.75 Å². The van der Waals surface area contributed by atoms with Crippen LogP contribution in [0.25, 0.3) is 11.3 Å². The topological polar surface area (TPSA) is 47.3 Å². The molecular weight excluding hydrogens is 264 g/mol. The number of ether oxygens (including phenoxy) is 1. The zero-order valence-corrected chi connectivity index (χ0v) is 11.2. The van der Waals surface area contributed by atoms with E-state index in [2.05, 4.69) is 10.5 Å². The number of benzene rings is 1. The predicted molar refractivity (Wildman–Crippen MR) is 73.5 cm³/mol. The van der Waals surface area contributed by atoms with E-state index in [4.69, 9.17) is 20.9 Å². The first kappa shape index (κ1) is 12.5. The number of hydrogen-bond acceptors (Lipinski definition) is 4. The van der Waals surface area contributed by atoms with Crippen molar-refractivity contribution in [1.82, 2.24) is 10.5 Å². The molecule has 100 valence electrons. The number of nitrogens with one attached hydrogen (secondary N) is 1. The molecule has 0 saturated carbocycles. The van der Waals surface area contributed by atoms with Gasteiger partial charge in [-0.15, -0.1) is 0 Å². The number of aromatic nitrogens is 1. The zero-order valence-electron chi connectivity index (χ0n) is 10.4. The van der Waals surface area contributed by atoms with Crippen molar-refractivity contribution in [2.75, 3.05) is 13.1 Å². The number of rotatable bonds is 3. The fraction of sp³-hybridized carbons (Fsp3) is 0.357. The van der Waals surface area contributed by atoms with E-state index < -0.39 is 0 Å². The predicted octanol–water partition coefficient (Wildman–Crippen LogP) is 3.13. The van der Waals surface area contributed by atoms with E-state index >= 15 is 0 Å². The number of hydrogen-bond donors (Lipinski definition) is 1. The van der Waals surface area contributed by atoms with E-state index in [1.54, 1.807) is 12.3 Å². The van der Waals surface area contributed by atoms with Gasteiger partial charge >= 0.3 is 0 Å². The second-order valence-corrected chi connectivity index (χ2v) is 5.02. The Morgan fingerprint density at radius 2 is 2.11 bits per heavy atom. The van der Waals surface area contributed by atoms with E-state index in [0.717, 1.165) is 37.2 Å². The molecule has 1 fully saturated rings. The van der Waals surface area contributed by atoms with Crippen molar-refractivity contribution < 1.29 is 9.26 Å². The molecule has 2 aromatic rings. The van der Waals surface area contributed by atoms with Crippen molar-refractivity contribution in [3.63, 3.8) is 0 Å². The Bertz CT molecular complexity index is 536. The minimum absolute atomic E-state index is 0.240. The molecule has 19 heavy (non-hydrogen) atoms. The second kappa shape index (κ2) is 5.63. The third-order valence-electron chi connectivity index (χ3n) is 3.22. The molecule has 1 aliphatic rings. The van der Waals surface area contributed by atoms with Crippen molar-refractivity contribution in [3.05, 3.63) is 35.5 Å². The largest absolute Gasteiger partial charge is 0.490 e. The van der Waals surface area contributed by atoms with Gasteiger partial charge in [0, 0.05) is 11.1 Å². The molecule has 0 radical (unpaired) electrons. The van der Waals surface area contributed by atoms with Gasteiger partial charge in [-0.3, -0.25) is 0 Å². The van der Waals surface area contributed by atoms with Crippen LogP contribution in [0.15, 0.2) is 35.0 Å². The lowest BCUT2D eigenvalue weighted by Crippen LogP contribution is -2.34. The van der Waals surface area contributed by atoms with Crippen LogP contribution < -0.4 is 10.1 Å². The maximum atomic E-state index is 6.08. The number of halogens is 1. The highest BCUT2D eigenvalue weighted by atomic mass is 35.5. The molecule has 0 atom stereocenters. The molecule has 0 spiro atoms. The summed E-state index contributed by atoms with van der Waals surface area (Å²) in [7, 11) is 0. The smallest absolute Gasteiger partial charge is 0.170 e. The molecule has 5 heteroatoms. The summed E-state index contributed by atoms with van der Waals surface area (Å²) in [6.07, 6.45) is 3.88. The molecule has 0 unspecified atom stereocenters. The Kier molecular flexibility index (Phi) is 3.71. The molecule has 1 aliphatic heterocycles. The monoisotopic (exact) mass is 278 g/mol. The van der Waals surface area contributed by atoms with Crippen molar-refractivity contribution >= 4 is 11.6 Å². The minimum atomic E-state index is 0.240. The normalized spacial score (nSPS) is 16.5. The third-order valence-corrected chi connectivity index (χ3v) is 3.46. The van der Waals surface area contributed by atoms with Crippen LogP contribution in [0, 0.1) is 0 Å². The molecule has 3 rings (SSSR count). The van der Waals surface area contributed by atoms with Crippen LogP contribution in [0.3, 0.4) is 0 Å². The van der Waals surface area contributed by atoms with Gasteiger partial charge in [-0.1, -0.05) is 16.8 Å². The third kappa shape index (κ3) is 2.91. The molecular formula is C14H15ClN2O2. The first-order chi connectivity index (χ1) is 9.33. The van der Waals surface area contributed by atoms with Crippen LogP contribution in [0.1, 0.15) is 12.8 Å². The lowest BCUT2D eigenvalue weighted by atomic mass is 10.1. The summed E-state index contributed by atoms with van der Waals surface area (Å²) in [6, 6.07) is 7.37. The van der Waals surface area contributed by atoms with Gasteiger partial charge in [0.05, 0.1) is 11.8 Å². The van der Waals surface area contributed by atoms with E-state index in [1.165, 1.54) is 0 Å². The summed E-state index contributed by atoms with van der Waals surface area (Å²) < 4.78 is 11.3. The Hall–Kier alpha value is -1.52. The van der Waals surface area contributed by atoms with Crippen molar-refractivity contribution in [2.24, 2.45) is 0 Å². The lowest BCUT2D eigenvalue weighted by molar-refractivity contribution is 0.163. The molecule has 0 amide bonds. The molecule has 4 nitrogen and oxygen atoms in total. The highest BCUT2D eigenvalue weighted by molar-refractivity contribution is 6.30. The highest BCUT2D eigenvalue weighted by Crippen LogP contribution is 2.33. The number of piperidine rings is 1. The summed E-state index contributed by atoms with van der Waals surface area (Å²) >= 11 is 6.05. The van der Waals surface area contributed by atoms with Crippen molar-refractivity contribution in [1.29, 1.82) is 0 Å². The van der Waals surface area contributed by atoms with E-state index in [1.807, 2.05) is 18.2 Å². The van der Waals surface area contributed by atoms with Gasteiger partial charge in [0.25, 0.3) is 0 Å². The highest BCUT2D eigenvalue weighted by Gasteiger charge is 2.18. The minimum Gasteiger partial charge on any atom is -0.490 e. The summed E-state index contributed by atoms with van der Waals surface area (Å²) in [4.78, 5) is 0. The van der Waals surface area contributed by atoms with Crippen molar-refractivity contribution in [2.45, 2.75) is 18.9 Å². The molecule has 0 bridgehead atoms. The maximum Gasteiger partial charge on any atom is 0.170 e. The van der Waals surface area contributed by atoms with Gasteiger partial charge in [-0.2, -0.15) is 0 Å². The lowest BCUT2D eigenvalue weighted by Gasteiger charge is -2.24. The zero-order chi connectivity index (χ0) is 13.1. The Morgan fingerprint density at radius 3 is 2.84 bits per heavy atom. The van der Waals surface area contributed by atoms with Gasteiger partial charge in [0.1, 0.15) is 11.9 Å².